The lowest BCUT2D eigenvalue weighted by molar-refractivity contribution is -0.145. The van der Waals surface area contributed by atoms with E-state index in [4.69, 9.17) is 0 Å². The highest BCUT2D eigenvalue weighted by Gasteiger charge is 2.26. The van der Waals surface area contributed by atoms with Crippen LogP contribution < -0.4 is 0 Å². The van der Waals surface area contributed by atoms with Crippen LogP contribution >= 0.6 is 0 Å². The lowest BCUT2D eigenvalue weighted by Gasteiger charge is -2.15. The summed E-state index contributed by atoms with van der Waals surface area (Å²) in [5, 5.41) is 0. The first kappa shape index (κ1) is 11.4. The van der Waals surface area contributed by atoms with Gasteiger partial charge in [-0.1, -0.05) is 30.3 Å². The molecule has 0 aliphatic carbocycles. The third kappa shape index (κ3) is 3.20. The van der Waals surface area contributed by atoms with Crippen molar-refractivity contribution in [2.45, 2.75) is 19.4 Å². The molecule has 0 aromatic heterocycles. The molecule has 3 nitrogen and oxygen atoms in total. The molecule has 0 radical (unpaired) electrons. The summed E-state index contributed by atoms with van der Waals surface area (Å²) in [5.74, 6) is -0.338. The molecule has 0 fully saturated rings. The van der Waals surface area contributed by atoms with Gasteiger partial charge in [-0.05, 0) is 19.4 Å². The van der Waals surface area contributed by atoms with Crippen LogP contribution in [0.2, 0.25) is 0 Å². The van der Waals surface area contributed by atoms with Gasteiger partial charge in [0.05, 0.1) is 7.11 Å². The number of aliphatic imine (C=N–C) groups is 1. The van der Waals surface area contributed by atoms with Crippen molar-refractivity contribution in [3.05, 3.63) is 35.9 Å². The van der Waals surface area contributed by atoms with E-state index in [1.54, 1.807) is 20.1 Å². The van der Waals surface area contributed by atoms with Crippen molar-refractivity contribution in [2.75, 3.05) is 7.11 Å². The van der Waals surface area contributed by atoms with Gasteiger partial charge < -0.3 is 4.74 Å². The molecule has 0 N–H and O–H groups in total. The molecule has 0 spiro atoms. The summed E-state index contributed by atoms with van der Waals surface area (Å²) >= 11 is 0. The first-order valence-electron chi connectivity index (χ1n) is 4.75. The number of carbonyl (C=O) groups is 1. The van der Waals surface area contributed by atoms with Crippen molar-refractivity contribution in [2.24, 2.45) is 4.99 Å². The second-order valence-corrected chi connectivity index (χ2v) is 3.72. The van der Waals surface area contributed by atoms with Gasteiger partial charge in [0.1, 0.15) is 0 Å². The summed E-state index contributed by atoms with van der Waals surface area (Å²) in [4.78, 5) is 15.5. The van der Waals surface area contributed by atoms with E-state index in [1.807, 2.05) is 30.3 Å². The molecule has 3 heteroatoms. The van der Waals surface area contributed by atoms with Crippen LogP contribution in [0.4, 0.5) is 0 Å². The lowest BCUT2D eigenvalue weighted by Crippen LogP contribution is -2.30. The molecule has 0 amide bonds. The quantitative estimate of drug-likeness (QED) is 0.559. The van der Waals surface area contributed by atoms with Crippen molar-refractivity contribution in [1.82, 2.24) is 0 Å². The fourth-order valence-corrected chi connectivity index (χ4v) is 1.08. The molecule has 0 saturated heterocycles. The Kier molecular flexibility index (Phi) is 3.61. The third-order valence-corrected chi connectivity index (χ3v) is 2.02. The van der Waals surface area contributed by atoms with Gasteiger partial charge in [-0.15, -0.1) is 0 Å². The highest BCUT2D eigenvalue weighted by molar-refractivity contribution is 5.86. The van der Waals surface area contributed by atoms with E-state index in [9.17, 15) is 4.79 Å². The predicted octanol–water partition coefficient (Wildman–Crippen LogP) is 2.06. The first-order chi connectivity index (χ1) is 7.06. The van der Waals surface area contributed by atoms with Crippen molar-refractivity contribution < 1.29 is 9.53 Å². The minimum atomic E-state index is -0.829. The van der Waals surface area contributed by atoms with Crippen LogP contribution in [0.15, 0.2) is 35.3 Å². The van der Waals surface area contributed by atoms with Gasteiger partial charge in [-0.3, -0.25) is 4.99 Å². The number of hydrogen-bond acceptors (Lipinski definition) is 3. The molecule has 0 aliphatic heterocycles. The van der Waals surface area contributed by atoms with E-state index in [-0.39, 0.29) is 5.97 Å². The third-order valence-electron chi connectivity index (χ3n) is 2.02. The van der Waals surface area contributed by atoms with Gasteiger partial charge in [0.2, 0.25) is 0 Å². The van der Waals surface area contributed by atoms with E-state index in [0.29, 0.717) is 0 Å². The molecule has 0 aliphatic rings. The molecule has 0 unspecified atom stereocenters. The molecule has 0 bridgehead atoms. The van der Waals surface area contributed by atoms with Crippen LogP contribution in [-0.4, -0.2) is 24.8 Å². The number of esters is 1. The number of rotatable bonds is 3. The maximum Gasteiger partial charge on any atom is 0.333 e. The smallest absolute Gasteiger partial charge is 0.333 e. The second kappa shape index (κ2) is 4.73. The van der Waals surface area contributed by atoms with Gasteiger partial charge in [0, 0.05) is 6.21 Å². The lowest BCUT2D eigenvalue weighted by atomic mass is 10.1. The Morgan fingerprint density at radius 2 is 1.93 bits per heavy atom. The van der Waals surface area contributed by atoms with E-state index >= 15 is 0 Å². The van der Waals surface area contributed by atoms with Gasteiger partial charge in [0.25, 0.3) is 0 Å². The van der Waals surface area contributed by atoms with Crippen molar-refractivity contribution in [3.63, 3.8) is 0 Å². The minimum absolute atomic E-state index is 0.338. The maximum absolute atomic E-state index is 11.3. The predicted molar refractivity (Wildman–Crippen MR) is 60.1 cm³/mol. The zero-order valence-corrected chi connectivity index (χ0v) is 9.23. The van der Waals surface area contributed by atoms with Crippen molar-refractivity contribution >= 4 is 12.2 Å². The summed E-state index contributed by atoms with van der Waals surface area (Å²) in [6.45, 7) is 3.44. The Morgan fingerprint density at radius 3 is 2.47 bits per heavy atom. The maximum atomic E-state index is 11.3. The zero-order valence-electron chi connectivity index (χ0n) is 9.23. The first-order valence-corrected chi connectivity index (χ1v) is 4.75. The Hall–Kier alpha value is -1.64. The molecule has 1 rings (SSSR count). The fourth-order valence-electron chi connectivity index (χ4n) is 1.08. The van der Waals surface area contributed by atoms with Crippen LogP contribution in [0.1, 0.15) is 19.4 Å². The molecule has 1 aromatic rings. The van der Waals surface area contributed by atoms with Crippen LogP contribution in [0.5, 0.6) is 0 Å². The van der Waals surface area contributed by atoms with Crippen LogP contribution in [-0.2, 0) is 9.53 Å². The Balaban J connectivity index is 2.77. The summed E-state index contributed by atoms with van der Waals surface area (Å²) in [5.41, 5.74) is 0.138. The zero-order chi connectivity index (χ0) is 11.3. The Bertz CT molecular complexity index is 355. The molecule has 15 heavy (non-hydrogen) atoms. The normalized spacial score (nSPS) is 11.7. The molecule has 0 heterocycles. The monoisotopic (exact) mass is 205 g/mol. The van der Waals surface area contributed by atoms with E-state index < -0.39 is 5.54 Å². The van der Waals surface area contributed by atoms with E-state index in [0.717, 1.165) is 5.56 Å². The fraction of sp³-hybridized carbons (Fsp3) is 0.333. The van der Waals surface area contributed by atoms with Gasteiger partial charge >= 0.3 is 5.97 Å². The highest BCUT2D eigenvalue weighted by atomic mass is 16.5. The van der Waals surface area contributed by atoms with Gasteiger partial charge in [-0.25, -0.2) is 4.79 Å². The molecule has 1 aromatic carbocycles. The molecule has 80 valence electrons. The molecule has 0 atom stereocenters. The number of ether oxygens (including phenoxy) is 1. The summed E-state index contributed by atoms with van der Waals surface area (Å²) in [6, 6.07) is 9.63. The number of hydrogen-bond donors (Lipinski definition) is 0. The van der Waals surface area contributed by atoms with Crippen LogP contribution in [0.3, 0.4) is 0 Å². The number of carbonyl (C=O) groups excluding carboxylic acids is 1. The second-order valence-electron chi connectivity index (χ2n) is 3.72. The molecular formula is C12H15NO2. The highest BCUT2D eigenvalue weighted by Crippen LogP contribution is 2.10. The van der Waals surface area contributed by atoms with Crippen LogP contribution in [0, 0.1) is 0 Å². The number of benzene rings is 1. The number of methoxy groups -OCH3 is 1. The minimum Gasteiger partial charge on any atom is -0.467 e. The molecular weight excluding hydrogens is 190 g/mol. The van der Waals surface area contributed by atoms with Gasteiger partial charge in [-0.2, -0.15) is 0 Å². The largest absolute Gasteiger partial charge is 0.467 e. The SMILES string of the molecule is COC(=O)C(C)(C)N=Cc1ccccc1. The summed E-state index contributed by atoms with van der Waals surface area (Å²) in [6.07, 6.45) is 1.68. The summed E-state index contributed by atoms with van der Waals surface area (Å²) < 4.78 is 4.65. The van der Waals surface area contributed by atoms with Crippen molar-refractivity contribution in [1.29, 1.82) is 0 Å². The molecule has 0 saturated carbocycles. The van der Waals surface area contributed by atoms with Gasteiger partial charge in [0.15, 0.2) is 5.54 Å². The van der Waals surface area contributed by atoms with Crippen LogP contribution in [0.25, 0.3) is 0 Å². The Morgan fingerprint density at radius 1 is 1.33 bits per heavy atom. The van der Waals surface area contributed by atoms with E-state index in [2.05, 4.69) is 9.73 Å². The summed E-state index contributed by atoms with van der Waals surface area (Å²) in [7, 11) is 1.36. The average molecular weight is 205 g/mol. The topological polar surface area (TPSA) is 38.7 Å². The van der Waals surface area contributed by atoms with E-state index in [1.165, 1.54) is 7.11 Å². The average Bonchev–Trinajstić information content (AvgIpc) is 2.27. The Labute approximate surface area is 89.8 Å². The number of nitrogens with zero attached hydrogens (tertiary/aromatic N) is 1. The standard InChI is InChI=1S/C12H15NO2/c1-12(2,11(14)15-3)13-9-10-7-5-4-6-8-10/h4-9H,1-3H3. The van der Waals surface area contributed by atoms with Crippen molar-refractivity contribution in [3.8, 4) is 0 Å².